The molecule has 1 fully saturated rings. The van der Waals surface area contributed by atoms with E-state index in [0.29, 0.717) is 30.7 Å². The van der Waals surface area contributed by atoms with Gasteiger partial charge in [-0.15, -0.1) is 0 Å². The van der Waals surface area contributed by atoms with E-state index < -0.39 is 0 Å². The highest BCUT2D eigenvalue weighted by molar-refractivity contribution is 5.44. The van der Waals surface area contributed by atoms with Gasteiger partial charge in [0, 0.05) is 19.6 Å². The predicted molar refractivity (Wildman–Crippen MR) is 60.9 cm³/mol. The average molecular weight is 250 g/mol. The molecule has 0 aliphatic carbocycles. The summed E-state index contributed by atoms with van der Waals surface area (Å²) in [6, 6.07) is 3.64. The summed E-state index contributed by atoms with van der Waals surface area (Å²) in [5.41, 5.74) is 0. The number of rotatable bonds is 4. The average Bonchev–Trinajstić information content (AvgIpc) is 3.10. The van der Waals surface area contributed by atoms with E-state index in [1.165, 1.54) is 0 Å². The van der Waals surface area contributed by atoms with Gasteiger partial charge in [-0.3, -0.25) is 0 Å². The molecule has 0 spiro atoms. The molecule has 2 aromatic rings. The first-order valence-electron chi connectivity index (χ1n) is 5.86. The van der Waals surface area contributed by atoms with Crippen molar-refractivity contribution in [2.24, 2.45) is 0 Å². The minimum atomic E-state index is 0.232. The Balaban J connectivity index is 1.78. The first-order valence-corrected chi connectivity index (χ1v) is 5.86. The summed E-state index contributed by atoms with van der Waals surface area (Å²) in [5.74, 6) is 2.62. The van der Waals surface area contributed by atoms with Crippen LogP contribution in [0.15, 0.2) is 21.1 Å². The Morgan fingerprint density at radius 2 is 2.39 bits per heavy atom. The second kappa shape index (κ2) is 4.91. The Hall–Kier alpha value is -1.66. The highest BCUT2D eigenvalue weighted by atomic mass is 16.5. The Morgan fingerprint density at radius 3 is 3.17 bits per heavy atom. The predicted octanol–water partition coefficient (Wildman–Crippen LogP) is 1.98. The van der Waals surface area contributed by atoms with Crippen molar-refractivity contribution in [1.82, 2.24) is 10.1 Å². The number of hydrogen-bond acceptors (Lipinski definition) is 6. The first kappa shape index (κ1) is 11.4. The fraction of sp³-hybridized carbons (Fsp3) is 0.500. The van der Waals surface area contributed by atoms with E-state index in [4.69, 9.17) is 18.4 Å². The van der Waals surface area contributed by atoms with Crippen LogP contribution in [0.5, 0.6) is 0 Å². The Morgan fingerprint density at radius 1 is 1.44 bits per heavy atom. The molecule has 0 unspecified atom stereocenters. The number of methoxy groups -OCH3 is 1. The zero-order chi connectivity index (χ0) is 12.4. The van der Waals surface area contributed by atoms with Crippen LogP contribution in [-0.4, -0.2) is 30.5 Å². The van der Waals surface area contributed by atoms with E-state index in [2.05, 4.69) is 10.1 Å². The van der Waals surface area contributed by atoms with Crippen molar-refractivity contribution in [3.05, 3.63) is 23.7 Å². The van der Waals surface area contributed by atoms with Crippen LogP contribution in [0.4, 0.5) is 0 Å². The molecule has 0 bridgehead atoms. The minimum absolute atomic E-state index is 0.232. The quantitative estimate of drug-likeness (QED) is 0.826. The van der Waals surface area contributed by atoms with E-state index in [1.807, 2.05) is 6.07 Å². The van der Waals surface area contributed by atoms with Crippen LogP contribution < -0.4 is 0 Å². The standard InChI is InChI=1S/C12H14N2O4/c1-15-7-9-2-3-10(17-9)12-13-11(14-18-12)8-4-5-16-6-8/h2-3,8H,4-7H2,1H3/t8-/m1/s1. The maximum atomic E-state index is 5.53. The molecule has 6 heteroatoms. The Labute approximate surface area is 104 Å². The van der Waals surface area contributed by atoms with E-state index in [0.717, 1.165) is 18.8 Å². The molecule has 3 rings (SSSR count). The molecule has 96 valence electrons. The van der Waals surface area contributed by atoms with Gasteiger partial charge in [-0.05, 0) is 18.6 Å². The third-order valence-electron chi connectivity index (χ3n) is 2.90. The third kappa shape index (κ3) is 2.16. The number of ether oxygens (including phenoxy) is 2. The minimum Gasteiger partial charge on any atom is -0.453 e. The molecule has 1 aliphatic rings. The monoisotopic (exact) mass is 250 g/mol. The lowest BCUT2D eigenvalue weighted by atomic mass is 10.1. The Kier molecular flexibility index (Phi) is 3.12. The van der Waals surface area contributed by atoms with Gasteiger partial charge in [0.25, 0.3) is 5.89 Å². The molecule has 0 radical (unpaired) electrons. The van der Waals surface area contributed by atoms with Gasteiger partial charge < -0.3 is 18.4 Å². The van der Waals surface area contributed by atoms with Crippen LogP contribution in [0.1, 0.15) is 23.9 Å². The third-order valence-corrected chi connectivity index (χ3v) is 2.90. The van der Waals surface area contributed by atoms with Crippen molar-refractivity contribution in [2.75, 3.05) is 20.3 Å². The molecule has 0 amide bonds. The molecule has 1 saturated heterocycles. The highest BCUT2D eigenvalue weighted by Gasteiger charge is 2.24. The van der Waals surface area contributed by atoms with Crippen LogP contribution in [0.25, 0.3) is 11.7 Å². The van der Waals surface area contributed by atoms with Crippen LogP contribution in [0, 0.1) is 0 Å². The number of hydrogen-bond donors (Lipinski definition) is 0. The summed E-state index contributed by atoms with van der Waals surface area (Å²) in [4.78, 5) is 4.34. The summed E-state index contributed by atoms with van der Waals surface area (Å²) >= 11 is 0. The summed E-state index contributed by atoms with van der Waals surface area (Å²) in [6.45, 7) is 1.84. The van der Waals surface area contributed by atoms with Crippen molar-refractivity contribution in [1.29, 1.82) is 0 Å². The second-order valence-electron chi connectivity index (χ2n) is 4.22. The maximum Gasteiger partial charge on any atom is 0.293 e. The van der Waals surface area contributed by atoms with Gasteiger partial charge in [0.15, 0.2) is 11.6 Å². The van der Waals surface area contributed by atoms with E-state index in [1.54, 1.807) is 13.2 Å². The lowest BCUT2D eigenvalue weighted by Gasteiger charge is -1.97. The van der Waals surface area contributed by atoms with Crippen molar-refractivity contribution >= 4 is 0 Å². The molecule has 3 heterocycles. The Bertz CT molecular complexity index is 514. The van der Waals surface area contributed by atoms with Crippen molar-refractivity contribution in [2.45, 2.75) is 18.9 Å². The van der Waals surface area contributed by atoms with Gasteiger partial charge in [0.05, 0.1) is 6.61 Å². The van der Waals surface area contributed by atoms with Crippen molar-refractivity contribution in [3.63, 3.8) is 0 Å². The fourth-order valence-electron chi connectivity index (χ4n) is 1.95. The van der Waals surface area contributed by atoms with Crippen molar-refractivity contribution < 1.29 is 18.4 Å². The van der Waals surface area contributed by atoms with Gasteiger partial charge in [-0.1, -0.05) is 5.16 Å². The number of nitrogens with zero attached hydrogens (tertiary/aromatic N) is 2. The summed E-state index contributed by atoms with van der Waals surface area (Å²) in [5, 5.41) is 3.97. The second-order valence-corrected chi connectivity index (χ2v) is 4.22. The van der Waals surface area contributed by atoms with Gasteiger partial charge in [-0.2, -0.15) is 4.98 Å². The first-order chi connectivity index (χ1) is 8.86. The number of furan rings is 1. The van der Waals surface area contributed by atoms with Crippen LogP contribution in [-0.2, 0) is 16.1 Å². The molecule has 1 atom stereocenters. The lowest BCUT2D eigenvalue weighted by molar-refractivity contribution is 0.164. The van der Waals surface area contributed by atoms with E-state index in [9.17, 15) is 0 Å². The zero-order valence-corrected chi connectivity index (χ0v) is 10.1. The molecule has 0 aromatic carbocycles. The molecule has 0 saturated carbocycles. The highest BCUT2D eigenvalue weighted by Crippen LogP contribution is 2.26. The lowest BCUT2D eigenvalue weighted by Crippen LogP contribution is -1.99. The number of aromatic nitrogens is 2. The normalized spacial score (nSPS) is 19.5. The van der Waals surface area contributed by atoms with Crippen LogP contribution in [0.3, 0.4) is 0 Å². The summed E-state index contributed by atoms with van der Waals surface area (Å²) in [7, 11) is 1.62. The van der Waals surface area contributed by atoms with Gasteiger partial charge in [0.1, 0.15) is 12.4 Å². The maximum absolute atomic E-state index is 5.53. The molecular weight excluding hydrogens is 236 g/mol. The molecular formula is C12H14N2O4. The van der Waals surface area contributed by atoms with Gasteiger partial charge >= 0.3 is 0 Å². The van der Waals surface area contributed by atoms with Crippen LogP contribution >= 0.6 is 0 Å². The summed E-state index contributed by atoms with van der Waals surface area (Å²) < 4.78 is 21.0. The van der Waals surface area contributed by atoms with E-state index in [-0.39, 0.29) is 5.92 Å². The van der Waals surface area contributed by atoms with Gasteiger partial charge in [0.2, 0.25) is 0 Å². The molecule has 18 heavy (non-hydrogen) atoms. The molecule has 6 nitrogen and oxygen atoms in total. The molecule has 2 aromatic heterocycles. The topological polar surface area (TPSA) is 70.5 Å². The van der Waals surface area contributed by atoms with Crippen molar-refractivity contribution in [3.8, 4) is 11.7 Å². The van der Waals surface area contributed by atoms with Crippen LogP contribution in [0.2, 0.25) is 0 Å². The zero-order valence-electron chi connectivity index (χ0n) is 10.1. The summed E-state index contributed by atoms with van der Waals surface area (Å²) in [6.07, 6.45) is 0.937. The fourth-order valence-corrected chi connectivity index (χ4v) is 1.95. The smallest absolute Gasteiger partial charge is 0.293 e. The molecule has 1 aliphatic heterocycles. The molecule has 0 N–H and O–H groups in total. The SMILES string of the molecule is COCc1ccc(-c2nc([C@@H]3CCOC3)no2)o1. The van der Waals surface area contributed by atoms with E-state index >= 15 is 0 Å². The largest absolute Gasteiger partial charge is 0.453 e. The van der Waals surface area contributed by atoms with Gasteiger partial charge in [-0.25, -0.2) is 0 Å².